The van der Waals surface area contributed by atoms with Gasteiger partial charge in [-0.2, -0.15) is 0 Å². The van der Waals surface area contributed by atoms with Crippen LogP contribution in [0.2, 0.25) is 0 Å². The van der Waals surface area contributed by atoms with Crippen molar-refractivity contribution in [1.29, 1.82) is 0 Å². The zero-order valence-corrected chi connectivity index (χ0v) is 13.7. The van der Waals surface area contributed by atoms with Crippen LogP contribution >= 0.6 is 0 Å². The van der Waals surface area contributed by atoms with Gasteiger partial charge in [0.25, 0.3) is 0 Å². The van der Waals surface area contributed by atoms with E-state index in [1.807, 2.05) is 18.0 Å². The first-order valence-electron chi connectivity index (χ1n) is 8.07. The Morgan fingerprint density at radius 3 is 3.04 bits per heavy atom. The molecule has 1 fully saturated rings. The second-order valence-electron chi connectivity index (χ2n) is 5.93. The third kappa shape index (κ3) is 3.79. The molecule has 7 nitrogen and oxygen atoms in total. The van der Waals surface area contributed by atoms with Gasteiger partial charge >= 0.3 is 0 Å². The number of hydrogen-bond donors (Lipinski definition) is 1. The largest absolute Gasteiger partial charge is 0.444 e. The number of nitrogens with one attached hydrogen (secondary N) is 1. The van der Waals surface area contributed by atoms with Crippen molar-refractivity contribution in [3.8, 4) is 0 Å². The number of aromatic nitrogens is 3. The molecule has 1 aliphatic rings. The summed E-state index contributed by atoms with van der Waals surface area (Å²) < 4.78 is 5.65. The summed E-state index contributed by atoms with van der Waals surface area (Å²) >= 11 is 0. The van der Waals surface area contributed by atoms with Crippen molar-refractivity contribution in [3.63, 3.8) is 0 Å². The lowest BCUT2D eigenvalue weighted by Gasteiger charge is -2.26. The zero-order chi connectivity index (χ0) is 16.2. The predicted octanol–water partition coefficient (Wildman–Crippen LogP) is 1.58. The van der Waals surface area contributed by atoms with Gasteiger partial charge in [0.05, 0.1) is 19.3 Å². The van der Waals surface area contributed by atoms with Gasteiger partial charge in [0.15, 0.2) is 0 Å². The molecule has 2 aromatic rings. The van der Waals surface area contributed by atoms with E-state index in [4.69, 9.17) is 4.42 Å². The minimum Gasteiger partial charge on any atom is -0.444 e. The molecule has 0 bridgehead atoms. The number of imidazole rings is 1. The number of amides is 1. The fourth-order valence-corrected chi connectivity index (χ4v) is 3.03. The number of oxazole rings is 1. The standard InChI is InChI=1S/C16H23N5O2/c1-3-14-8-19-16(23-14)11-21(12(2)22)13-4-7-20(9-13)10-15-17-5-6-18-15/h5-6,8,13H,3-4,7,9-11H2,1-2H3,(H,17,18). The van der Waals surface area contributed by atoms with Crippen LogP contribution in [0.25, 0.3) is 0 Å². The van der Waals surface area contributed by atoms with Gasteiger partial charge in [0.1, 0.15) is 11.6 Å². The van der Waals surface area contributed by atoms with Crippen molar-refractivity contribution >= 4 is 5.91 Å². The molecule has 0 spiro atoms. The molecular weight excluding hydrogens is 294 g/mol. The number of likely N-dealkylation sites (tertiary alicyclic amines) is 1. The molecule has 1 atom stereocenters. The van der Waals surface area contributed by atoms with Gasteiger partial charge in [-0.05, 0) is 6.42 Å². The van der Waals surface area contributed by atoms with Gasteiger partial charge in [-0.1, -0.05) is 6.92 Å². The van der Waals surface area contributed by atoms with Crippen LogP contribution < -0.4 is 0 Å². The quantitative estimate of drug-likeness (QED) is 0.875. The van der Waals surface area contributed by atoms with Crippen LogP contribution in [0.15, 0.2) is 23.0 Å². The van der Waals surface area contributed by atoms with Gasteiger partial charge in [-0.3, -0.25) is 9.69 Å². The smallest absolute Gasteiger partial charge is 0.220 e. The third-order valence-corrected chi connectivity index (χ3v) is 4.28. The monoisotopic (exact) mass is 317 g/mol. The highest BCUT2D eigenvalue weighted by Crippen LogP contribution is 2.20. The minimum atomic E-state index is 0.0612. The molecule has 0 saturated carbocycles. The molecule has 124 valence electrons. The van der Waals surface area contributed by atoms with Crippen LogP contribution in [0.1, 0.15) is 37.7 Å². The molecule has 1 saturated heterocycles. The average Bonchev–Trinajstić information content (AvgIpc) is 3.26. The Morgan fingerprint density at radius 1 is 1.52 bits per heavy atom. The molecule has 0 aliphatic carbocycles. The van der Waals surface area contributed by atoms with E-state index in [-0.39, 0.29) is 11.9 Å². The zero-order valence-electron chi connectivity index (χ0n) is 13.7. The fourth-order valence-electron chi connectivity index (χ4n) is 3.03. The van der Waals surface area contributed by atoms with Crippen LogP contribution in [-0.2, 0) is 24.3 Å². The van der Waals surface area contributed by atoms with Crippen molar-refractivity contribution in [3.05, 3.63) is 36.1 Å². The fraction of sp³-hybridized carbons (Fsp3) is 0.562. The Morgan fingerprint density at radius 2 is 2.39 bits per heavy atom. The maximum Gasteiger partial charge on any atom is 0.220 e. The Labute approximate surface area is 135 Å². The van der Waals surface area contributed by atoms with Gasteiger partial charge < -0.3 is 14.3 Å². The van der Waals surface area contributed by atoms with E-state index in [1.165, 1.54) is 0 Å². The number of rotatable bonds is 6. The summed E-state index contributed by atoms with van der Waals surface area (Å²) in [6.45, 7) is 6.67. The molecule has 1 aliphatic heterocycles. The second-order valence-corrected chi connectivity index (χ2v) is 5.93. The van der Waals surface area contributed by atoms with Gasteiger partial charge in [-0.15, -0.1) is 0 Å². The first-order chi connectivity index (χ1) is 11.2. The molecule has 2 aromatic heterocycles. The lowest BCUT2D eigenvalue weighted by Crippen LogP contribution is -2.40. The van der Waals surface area contributed by atoms with E-state index >= 15 is 0 Å². The minimum absolute atomic E-state index is 0.0612. The summed E-state index contributed by atoms with van der Waals surface area (Å²) in [7, 11) is 0. The molecule has 1 unspecified atom stereocenters. The molecule has 0 aromatic carbocycles. The lowest BCUT2D eigenvalue weighted by atomic mass is 10.2. The second kappa shape index (κ2) is 6.95. The van der Waals surface area contributed by atoms with Crippen molar-refractivity contribution in [1.82, 2.24) is 24.8 Å². The van der Waals surface area contributed by atoms with Crippen molar-refractivity contribution in [2.45, 2.75) is 45.8 Å². The Hall–Kier alpha value is -2.15. The van der Waals surface area contributed by atoms with E-state index in [0.29, 0.717) is 12.4 Å². The highest BCUT2D eigenvalue weighted by Gasteiger charge is 2.30. The lowest BCUT2D eigenvalue weighted by molar-refractivity contribution is -0.132. The summed E-state index contributed by atoms with van der Waals surface area (Å²) in [4.78, 5) is 27.9. The number of carbonyl (C=O) groups excluding carboxylic acids is 1. The van der Waals surface area contributed by atoms with Crippen LogP contribution in [0, 0.1) is 0 Å². The molecule has 0 radical (unpaired) electrons. The molecular formula is C16H23N5O2. The summed E-state index contributed by atoms with van der Waals surface area (Å²) in [5, 5.41) is 0. The molecule has 1 amide bonds. The van der Waals surface area contributed by atoms with Crippen LogP contribution in [0.4, 0.5) is 0 Å². The Bertz CT molecular complexity index is 637. The molecule has 23 heavy (non-hydrogen) atoms. The average molecular weight is 317 g/mol. The third-order valence-electron chi connectivity index (χ3n) is 4.28. The number of aromatic amines is 1. The topological polar surface area (TPSA) is 78.3 Å². The van der Waals surface area contributed by atoms with E-state index in [0.717, 1.165) is 44.1 Å². The number of aryl methyl sites for hydroxylation is 1. The summed E-state index contributed by atoms with van der Waals surface area (Å²) in [5.41, 5.74) is 0. The van der Waals surface area contributed by atoms with Crippen LogP contribution in [0.5, 0.6) is 0 Å². The Kier molecular flexibility index (Phi) is 4.76. The van der Waals surface area contributed by atoms with E-state index in [2.05, 4.69) is 19.9 Å². The Balaban J connectivity index is 1.61. The van der Waals surface area contributed by atoms with E-state index in [1.54, 1.807) is 19.3 Å². The van der Waals surface area contributed by atoms with E-state index in [9.17, 15) is 4.79 Å². The van der Waals surface area contributed by atoms with Crippen molar-refractivity contribution < 1.29 is 9.21 Å². The molecule has 3 rings (SSSR count). The normalized spacial score (nSPS) is 18.4. The van der Waals surface area contributed by atoms with Gasteiger partial charge in [0.2, 0.25) is 11.8 Å². The number of hydrogen-bond acceptors (Lipinski definition) is 5. The first kappa shape index (κ1) is 15.7. The van der Waals surface area contributed by atoms with Crippen LogP contribution in [0.3, 0.4) is 0 Å². The highest BCUT2D eigenvalue weighted by atomic mass is 16.4. The van der Waals surface area contributed by atoms with Crippen LogP contribution in [-0.4, -0.2) is 49.8 Å². The number of carbonyl (C=O) groups is 1. The number of nitrogens with zero attached hydrogens (tertiary/aromatic N) is 4. The SMILES string of the molecule is CCc1cnc(CN(C(C)=O)C2CCN(Cc3ncc[nH]3)C2)o1. The first-order valence-corrected chi connectivity index (χ1v) is 8.07. The van der Waals surface area contributed by atoms with Gasteiger partial charge in [0, 0.05) is 44.9 Å². The number of H-pyrrole nitrogens is 1. The maximum atomic E-state index is 12.1. The highest BCUT2D eigenvalue weighted by molar-refractivity contribution is 5.73. The summed E-state index contributed by atoms with van der Waals surface area (Å²) in [6.07, 6.45) is 7.11. The molecule has 3 heterocycles. The summed E-state index contributed by atoms with van der Waals surface area (Å²) in [6, 6.07) is 0.194. The summed E-state index contributed by atoms with van der Waals surface area (Å²) in [5.74, 6) is 2.49. The predicted molar refractivity (Wildman–Crippen MR) is 84.4 cm³/mol. The molecule has 1 N–H and O–H groups in total. The maximum absolute atomic E-state index is 12.1. The van der Waals surface area contributed by atoms with Gasteiger partial charge in [-0.25, -0.2) is 9.97 Å². The van der Waals surface area contributed by atoms with E-state index < -0.39 is 0 Å². The van der Waals surface area contributed by atoms with Crippen molar-refractivity contribution in [2.24, 2.45) is 0 Å². The van der Waals surface area contributed by atoms with Crippen molar-refractivity contribution in [2.75, 3.05) is 13.1 Å². The molecule has 7 heteroatoms.